The molecule has 0 bridgehead atoms. The monoisotopic (exact) mass is 336 g/mol. The van der Waals surface area contributed by atoms with Crippen molar-refractivity contribution >= 4 is 5.91 Å². The molecular weight excluding hydrogens is 316 g/mol. The summed E-state index contributed by atoms with van der Waals surface area (Å²) in [6, 6.07) is 11.7. The summed E-state index contributed by atoms with van der Waals surface area (Å²) in [6.07, 6.45) is 6.59. The van der Waals surface area contributed by atoms with E-state index in [2.05, 4.69) is 20.0 Å². The van der Waals surface area contributed by atoms with Gasteiger partial charge >= 0.3 is 0 Å². The number of aryl methyl sites for hydroxylation is 1. The van der Waals surface area contributed by atoms with E-state index < -0.39 is 0 Å². The third kappa shape index (κ3) is 3.47. The Balaban J connectivity index is 1.36. The highest BCUT2D eigenvalue weighted by molar-refractivity contribution is 5.92. The minimum atomic E-state index is -0.202. The van der Waals surface area contributed by atoms with Gasteiger partial charge < -0.3 is 14.4 Å². The maximum atomic E-state index is 12.3. The van der Waals surface area contributed by atoms with E-state index in [0.717, 1.165) is 30.8 Å². The molecule has 0 aliphatic carbocycles. The molecule has 1 aromatic carbocycles. The molecule has 0 saturated heterocycles. The molecule has 4 rings (SSSR count). The maximum Gasteiger partial charge on any atom is 0.273 e. The van der Waals surface area contributed by atoms with Crippen molar-refractivity contribution in [2.45, 2.75) is 31.7 Å². The molecule has 1 unspecified atom stereocenters. The molecule has 0 spiro atoms. The van der Waals surface area contributed by atoms with Gasteiger partial charge in [-0.1, -0.05) is 35.5 Å². The van der Waals surface area contributed by atoms with Crippen LogP contribution in [0.3, 0.4) is 0 Å². The number of amides is 1. The van der Waals surface area contributed by atoms with Gasteiger partial charge in [0.1, 0.15) is 11.6 Å². The van der Waals surface area contributed by atoms with Crippen molar-refractivity contribution in [1.82, 2.24) is 20.0 Å². The zero-order valence-corrected chi connectivity index (χ0v) is 13.9. The Morgan fingerprint density at radius 3 is 3.08 bits per heavy atom. The highest BCUT2D eigenvalue weighted by Crippen LogP contribution is 2.24. The molecule has 1 aliphatic heterocycles. The first-order valence-electron chi connectivity index (χ1n) is 8.58. The van der Waals surface area contributed by atoms with Gasteiger partial charge in [0.15, 0.2) is 5.69 Å². The van der Waals surface area contributed by atoms with Crippen molar-refractivity contribution in [2.75, 3.05) is 6.54 Å². The Morgan fingerprint density at radius 2 is 2.20 bits per heavy atom. The molecule has 2 aromatic heterocycles. The number of hydrogen-bond acceptors (Lipinski definition) is 4. The summed E-state index contributed by atoms with van der Waals surface area (Å²) >= 11 is 0. The summed E-state index contributed by atoms with van der Waals surface area (Å²) in [5.74, 6) is 1.79. The summed E-state index contributed by atoms with van der Waals surface area (Å²) in [5.41, 5.74) is 1.45. The zero-order valence-electron chi connectivity index (χ0n) is 13.9. The van der Waals surface area contributed by atoms with Crippen LogP contribution in [-0.2, 0) is 13.0 Å². The Kier molecular flexibility index (Phi) is 4.33. The van der Waals surface area contributed by atoms with Gasteiger partial charge in [0.25, 0.3) is 5.91 Å². The van der Waals surface area contributed by atoms with Gasteiger partial charge in [0.05, 0.1) is 0 Å². The standard InChI is InChI=1S/C19H20N4O2/c24-19(21-13-15-7-4-9-23-10-8-20-18(15)23)17-12-16(25-22-17)11-14-5-2-1-3-6-14/h1-3,5-6,8,10,12,15H,4,7,9,11,13H2,(H,21,24). The fourth-order valence-electron chi connectivity index (χ4n) is 3.31. The summed E-state index contributed by atoms with van der Waals surface area (Å²) in [7, 11) is 0. The number of fused-ring (bicyclic) bond motifs is 1. The van der Waals surface area contributed by atoms with Crippen LogP contribution in [0.4, 0.5) is 0 Å². The second-order valence-electron chi connectivity index (χ2n) is 6.37. The predicted molar refractivity (Wildman–Crippen MR) is 92.3 cm³/mol. The fraction of sp³-hybridized carbons (Fsp3) is 0.316. The molecule has 6 nitrogen and oxygen atoms in total. The van der Waals surface area contributed by atoms with E-state index in [1.54, 1.807) is 6.07 Å². The largest absolute Gasteiger partial charge is 0.360 e. The second-order valence-corrected chi connectivity index (χ2v) is 6.37. The normalized spacial score (nSPS) is 16.4. The van der Waals surface area contributed by atoms with E-state index in [1.807, 2.05) is 42.7 Å². The van der Waals surface area contributed by atoms with E-state index in [1.165, 1.54) is 0 Å². The highest BCUT2D eigenvalue weighted by Gasteiger charge is 2.22. The lowest BCUT2D eigenvalue weighted by Crippen LogP contribution is -2.31. The predicted octanol–water partition coefficient (Wildman–Crippen LogP) is 2.77. The van der Waals surface area contributed by atoms with E-state index >= 15 is 0 Å². The topological polar surface area (TPSA) is 73.0 Å². The third-order valence-electron chi connectivity index (χ3n) is 4.59. The van der Waals surface area contributed by atoms with Crippen LogP contribution in [0.5, 0.6) is 0 Å². The molecule has 1 aliphatic rings. The van der Waals surface area contributed by atoms with Crippen LogP contribution < -0.4 is 5.32 Å². The lowest BCUT2D eigenvalue weighted by Gasteiger charge is -2.23. The van der Waals surface area contributed by atoms with Crippen molar-refractivity contribution in [3.63, 3.8) is 0 Å². The number of carbonyl (C=O) groups excluding carboxylic acids is 1. The lowest BCUT2D eigenvalue weighted by atomic mass is 9.99. The minimum Gasteiger partial charge on any atom is -0.360 e. The molecule has 1 N–H and O–H groups in total. The van der Waals surface area contributed by atoms with Crippen molar-refractivity contribution in [2.24, 2.45) is 0 Å². The van der Waals surface area contributed by atoms with Gasteiger partial charge in [0, 0.05) is 43.9 Å². The summed E-state index contributed by atoms with van der Waals surface area (Å²) in [4.78, 5) is 16.8. The van der Waals surface area contributed by atoms with Gasteiger partial charge in [-0.3, -0.25) is 4.79 Å². The van der Waals surface area contributed by atoms with Crippen molar-refractivity contribution in [3.8, 4) is 0 Å². The molecule has 0 saturated carbocycles. The average molecular weight is 336 g/mol. The Labute approximate surface area is 145 Å². The first kappa shape index (κ1) is 15.6. The number of nitrogens with zero attached hydrogens (tertiary/aromatic N) is 3. The van der Waals surface area contributed by atoms with Crippen LogP contribution in [0.1, 0.15) is 46.4 Å². The van der Waals surface area contributed by atoms with Gasteiger partial charge in [-0.2, -0.15) is 0 Å². The van der Waals surface area contributed by atoms with Crippen molar-refractivity contribution < 1.29 is 9.32 Å². The van der Waals surface area contributed by atoms with Gasteiger partial charge in [-0.15, -0.1) is 0 Å². The van der Waals surface area contributed by atoms with Crippen LogP contribution >= 0.6 is 0 Å². The Morgan fingerprint density at radius 1 is 1.32 bits per heavy atom. The number of imidazole rings is 1. The van der Waals surface area contributed by atoms with Gasteiger partial charge in [-0.05, 0) is 18.4 Å². The molecule has 0 radical (unpaired) electrons. The zero-order chi connectivity index (χ0) is 17.1. The molecule has 1 amide bonds. The van der Waals surface area contributed by atoms with Crippen LogP contribution in [0, 0.1) is 0 Å². The molecule has 1 atom stereocenters. The van der Waals surface area contributed by atoms with Gasteiger partial charge in [0.2, 0.25) is 0 Å². The summed E-state index contributed by atoms with van der Waals surface area (Å²) < 4.78 is 7.46. The summed E-state index contributed by atoms with van der Waals surface area (Å²) in [5, 5.41) is 6.86. The molecule has 6 heteroatoms. The van der Waals surface area contributed by atoms with E-state index in [0.29, 0.717) is 24.4 Å². The number of benzene rings is 1. The lowest BCUT2D eigenvalue weighted by molar-refractivity contribution is 0.0940. The highest BCUT2D eigenvalue weighted by atomic mass is 16.5. The Hall–Kier alpha value is -2.89. The number of aromatic nitrogens is 3. The summed E-state index contributed by atoms with van der Waals surface area (Å²) in [6.45, 7) is 1.57. The molecule has 3 aromatic rings. The molecule has 128 valence electrons. The van der Waals surface area contributed by atoms with Gasteiger partial charge in [-0.25, -0.2) is 4.98 Å². The number of hydrogen-bond donors (Lipinski definition) is 1. The van der Waals surface area contributed by atoms with E-state index in [-0.39, 0.29) is 11.8 Å². The molecule has 25 heavy (non-hydrogen) atoms. The first-order chi connectivity index (χ1) is 12.3. The SMILES string of the molecule is O=C(NCC1CCCn2ccnc21)c1cc(Cc2ccccc2)on1. The smallest absolute Gasteiger partial charge is 0.273 e. The van der Waals surface area contributed by atoms with E-state index in [4.69, 9.17) is 4.52 Å². The third-order valence-corrected chi connectivity index (χ3v) is 4.59. The van der Waals surface area contributed by atoms with E-state index in [9.17, 15) is 4.79 Å². The number of nitrogens with one attached hydrogen (secondary N) is 1. The fourth-order valence-corrected chi connectivity index (χ4v) is 3.31. The Bertz CT molecular complexity index is 853. The quantitative estimate of drug-likeness (QED) is 0.777. The maximum absolute atomic E-state index is 12.3. The second kappa shape index (κ2) is 6.93. The van der Waals surface area contributed by atoms with Crippen LogP contribution in [0.2, 0.25) is 0 Å². The van der Waals surface area contributed by atoms with Crippen LogP contribution in [-0.4, -0.2) is 27.2 Å². The van der Waals surface area contributed by atoms with Crippen molar-refractivity contribution in [3.05, 3.63) is 71.6 Å². The molecule has 3 heterocycles. The molecule has 0 fully saturated rings. The number of carbonyl (C=O) groups is 1. The average Bonchev–Trinajstić information content (AvgIpc) is 3.30. The number of rotatable bonds is 5. The van der Waals surface area contributed by atoms with Crippen LogP contribution in [0.25, 0.3) is 0 Å². The van der Waals surface area contributed by atoms with Crippen molar-refractivity contribution in [1.29, 1.82) is 0 Å². The molecular formula is C19H20N4O2. The first-order valence-corrected chi connectivity index (χ1v) is 8.58. The minimum absolute atomic E-state index is 0.202. The van der Waals surface area contributed by atoms with Crippen LogP contribution in [0.15, 0.2) is 53.3 Å².